The van der Waals surface area contributed by atoms with Crippen LogP contribution in [0.15, 0.2) is 30.3 Å². The number of rotatable bonds is 5. The third-order valence-electron chi connectivity index (χ3n) is 5.15. The van der Waals surface area contributed by atoms with E-state index in [1.165, 1.54) is 6.92 Å². The van der Waals surface area contributed by atoms with Crippen molar-refractivity contribution in [2.75, 3.05) is 0 Å². The Morgan fingerprint density at radius 1 is 0.786 bits per heavy atom. The van der Waals surface area contributed by atoms with E-state index in [1.54, 1.807) is 6.92 Å². The van der Waals surface area contributed by atoms with Crippen molar-refractivity contribution in [2.24, 2.45) is 0 Å². The first-order chi connectivity index (χ1) is 13.3. The van der Waals surface area contributed by atoms with Crippen LogP contribution in [-0.4, -0.2) is 86.9 Å². The van der Waals surface area contributed by atoms with Gasteiger partial charge < -0.3 is 44.5 Å². The topological polar surface area (TPSA) is 138 Å². The van der Waals surface area contributed by atoms with Gasteiger partial charge in [-0.3, -0.25) is 0 Å². The van der Waals surface area contributed by atoms with Crippen molar-refractivity contribution >= 4 is 0 Å². The zero-order valence-electron chi connectivity index (χ0n) is 15.7. The van der Waals surface area contributed by atoms with Crippen molar-refractivity contribution < 1.29 is 44.5 Å². The standard InChI is InChI=1S/C19H28O9/c1-9-12(20)13(21)14(22)19(27-9)28-17-15(23)18(24)26-10(2)16(17)25-8-11-6-4-3-5-7-11/h3-7,9-10,12-24H,8H2,1-2H3/t9-,10-,12-,13+,14+,15+,16-,17-,18+,19-/m0/s1. The van der Waals surface area contributed by atoms with Crippen LogP contribution in [0.5, 0.6) is 0 Å². The van der Waals surface area contributed by atoms with Gasteiger partial charge in [-0.1, -0.05) is 30.3 Å². The van der Waals surface area contributed by atoms with Crippen molar-refractivity contribution in [2.45, 2.75) is 81.9 Å². The van der Waals surface area contributed by atoms with E-state index in [0.29, 0.717) is 0 Å². The molecule has 2 aliphatic rings. The summed E-state index contributed by atoms with van der Waals surface area (Å²) in [5.74, 6) is 0. The Hall–Kier alpha value is -1.14. The Kier molecular flexibility index (Phi) is 7.02. The van der Waals surface area contributed by atoms with E-state index < -0.39 is 61.4 Å². The maximum absolute atomic E-state index is 10.4. The molecule has 0 unspecified atom stereocenters. The summed E-state index contributed by atoms with van der Waals surface area (Å²) in [6.45, 7) is 3.41. The summed E-state index contributed by atoms with van der Waals surface area (Å²) in [5.41, 5.74) is 0.898. The third kappa shape index (κ3) is 4.54. The van der Waals surface area contributed by atoms with Gasteiger partial charge in [-0.05, 0) is 19.4 Å². The molecule has 2 heterocycles. The molecule has 0 saturated carbocycles. The van der Waals surface area contributed by atoms with Gasteiger partial charge in [0.1, 0.15) is 36.6 Å². The van der Waals surface area contributed by atoms with Crippen LogP contribution in [0.25, 0.3) is 0 Å². The lowest BCUT2D eigenvalue weighted by Gasteiger charge is -2.45. The van der Waals surface area contributed by atoms with Crippen LogP contribution >= 0.6 is 0 Å². The van der Waals surface area contributed by atoms with E-state index in [9.17, 15) is 25.5 Å². The molecule has 10 atom stereocenters. The summed E-state index contributed by atoms with van der Waals surface area (Å²) >= 11 is 0. The molecule has 158 valence electrons. The monoisotopic (exact) mass is 400 g/mol. The van der Waals surface area contributed by atoms with Crippen molar-refractivity contribution in [3.05, 3.63) is 35.9 Å². The van der Waals surface area contributed by atoms with Gasteiger partial charge in [-0.15, -0.1) is 0 Å². The van der Waals surface area contributed by atoms with Crippen LogP contribution in [-0.2, 0) is 25.6 Å². The first-order valence-electron chi connectivity index (χ1n) is 9.32. The first-order valence-corrected chi connectivity index (χ1v) is 9.32. The van der Waals surface area contributed by atoms with Crippen molar-refractivity contribution in [1.29, 1.82) is 0 Å². The van der Waals surface area contributed by atoms with Gasteiger partial charge in [0.2, 0.25) is 0 Å². The molecule has 0 radical (unpaired) electrons. The molecular formula is C19H28O9. The highest BCUT2D eigenvalue weighted by molar-refractivity contribution is 5.13. The summed E-state index contributed by atoms with van der Waals surface area (Å²) in [6, 6.07) is 9.37. The molecule has 2 fully saturated rings. The zero-order valence-corrected chi connectivity index (χ0v) is 15.7. The molecule has 28 heavy (non-hydrogen) atoms. The Balaban J connectivity index is 1.73. The maximum atomic E-state index is 10.4. The molecule has 1 aromatic rings. The highest BCUT2D eigenvalue weighted by atomic mass is 16.7. The fourth-order valence-electron chi connectivity index (χ4n) is 3.44. The summed E-state index contributed by atoms with van der Waals surface area (Å²) in [7, 11) is 0. The van der Waals surface area contributed by atoms with E-state index in [2.05, 4.69) is 0 Å². The normalized spacial score (nSPS) is 44.4. The number of aliphatic hydroxyl groups is 5. The number of hydrogen-bond acceptors (Lipinski definition) is 9. The number of hydrogen-bond donors (Lipinski definition) is 5. The van der Waals surface area contributed by atoms with Gasteiger partial charge in [0.25, 0.3) is 0 Å². The Labute approximate surface area is 163 Å². The minimum atomic E-state index is -1.54. The second-order valence-corrected chi connectivity index (χ2v) is 7.27. The minimum absolute atomic E-state index is 0.216. The summed E-state index contributed by atoms with van der Waals surface area (Å²) in [4.78, 5) is 0. The summed E-state index contributed by atoms with van der Waals surface area (Å²) < 4.78 is 22.4. The Morgan fingerprint density at radius 2 is 1.46 bits per heavy atom. The minimum Gasteiger partial charge on any atom is -0.388 e. The van der Waals surface area contributed by atoms with Crippen LogP contribution in [0.2, 0.25) is 0 Å². The highest BCUT2D eigenvalue weighted by Gasteiger charge is 2.49. The molecule has 0 spiro atoms. The molecule has 3 rings (SSSR count). The fourth-order valence-corrected chi connectivity index (χ4v) is 3.44. The van der Waals surface area contributed by atoms with Gasteiger partial charge in [-0.25, -0.2) is 0 Å². The fraction of sp³-hybridized carbons (Fsp3) is 0.684. The largest absolute Gasteiger partial charge is 0.388 e. The van der Waals surface area contributed by atoms with Crippen LogP contribution < -0.4 is 0 Å². The van der Waals surface area contributed by atoms with Gasteiger partial charge in [0.05, 0.1) is 18.8 Å². The van der Waals surface area contributed by atoms with Crippen LogP contribution in [0.3, 0.4) is 0 Å². The molecule has 1 aromatic carbocycles. The Bertz CT molecular complexity index is 615. The molecule has 9 nitrogen and oxygen atoms in total. The van der Waals surface area contributed by atoms with E-state index in [1.807, 2.05) is 30.3 Å². The number of benzene rings is 1. The highest BCUT2D eigenvalue weighted by Crippen LogP contribution is 2.30. The van der Waals surface area contributed by atoms with Crippen LogP contribution in [0.4, 0.5) is 0 Å². The lowest BCUT2D eigenvalue weighted by molar-refractivity contribution is -0.353. The first kappa shape index (κ1) is 21.6. The molecule has 2 aliphatic heterocycles. The van der Waals surface area contributed by atoms with Crippen molar-refractivity contribution in [1.82, 2.24) is 0 Å². The molecule has 0 aliphatic carbocycles. The Morgan fingerprint density at radius 3 is 2.14 bits per heavy atom. The molecule has 0 amide bonds. The van der Waals surface area contributed by atoms with E-state index in [-0.39, 0.29) is 6.61 Å². The average molecular weight is 400 g/mol. The lowest BCUT2D eigenvalue weighted by Crippen LogP contribution is -2.63. The van der Waals surface area contributed by atoms with Gasteiger partial charge in [0, 0.05) is 0 Å². The predicted molar refractivity (Wildman–Crippen MR) is 94.8 cm³/mol. The number of ether oxygens (including phenoxy) is 4. The second-order valence-electron chi connectivity index (χ2n) is 7.27. The third-order valence-corrected chi connectivity index (χ3v) is 5.15. The lowest BCUT2D eigenvalue weighted by atomic mass is 9.97. The quantitative estimate of drug-likeness (QED) is 0.416. The van der Waals surface area contributed by atoms with Crippen LogP contribution in [0, 0.1) is 0 Å². The second kappa shape index (κ2) is 9.12. The van der Waals surface area contributed by atoms with Gasteiger partial charge in [0.15, 0.2) is 12.6 Å². The molecule has 2 saturated heterocycles. The molecule has 5 N–H and O–H groups in total. The molecule has 0 bridgehead atoms. The molecular weight excluding hydrogens is 372 g/mol. The zero-order chi connectivity index (χ0) is 20.4. The average Bonchev–Trinajstić information content (AvgIpc) is 2.68. The van der Waals surface area contributed by atoms with Crippen molar-refractivity contribution in [3.8, 4) is 0 Å². The maximum Gasteiger partial charge on any atom is 0.187 e. The van der Waals surface area contributed by atoms with E-state index in [0.717, 1.165) is 5.56 Å². The summed E-state index contributed by atoms with van der Waals surface area (Å²) in [6.07, 6.45) is -11.9. The number of aliphatic hydroxyl groups excluding tert-OH is 5. The van der Waals surface area contributed by atoms with Crippen LogP contribution in [0.1, 0.15) is 19.4 Å². The smallest absolute Gasteiger partial charge is 0.187 e. The summed E-state index contributed by atoms with van der Waals surface area (Å²) in [5, 5.41) is 50.3. The van der Waals surface area contributed by atoms with E-state index >= 15 is 0 Å². The SMILES string of the molecule is C[C@@H]1O[C@@H](O[C@H]2[C@@H](O)[C@H](O)O[C@@H](C)[C@@H]2OCc2ccccc2)[C@H](O)[C@H](O)[C@H]1O. The predicted octanol–water partition coefficient (Wildman–Crippen LogP) is -1.12. The molecule has 9 heteroatoms. The van der Waals surface area contributed by atoms with Gasteiger partial charge in [-0.2, -0.15) is 0 Å². The van der Waals surface area contributed by atoms with Crippen molar-refractivity contribution in [3.63, 3.8) is 0 Å². The van der Waals surface area contributed by atoms with E-state index in [4.69, 9.17) is 18.9 Å². The molecule has 0 aromatic heterocycles. The van der Waals surface area contributed by atoms with Gasteiger partial charge >= 0.3 is 0 Å².